The summed E-state index contributed by atoms with van der Waals surface area (Å²) in [6.45, 7) is -0.577. The molecule has 2 amide bonds. The number of carbonyl (C=O) groups is 4. The molecule has 2 aliphatic rings. The van der Waals surface area contributed by atoms with E-state index in [1.54, 1.807) is 0 Å². The van der Waals surface area contributed by atoms with E-state index < -0.39 is 41.7 Å². The zero-order valence-corrected chi connectivity index (χ0v) is 26.6. The smallest absolute Gasteiger partial charge is 0.548 e. The van der Waals surface area contributed by atoms with Crippen molar-refractivity contribution in [1.82, 2.24) is 35.4 Å². The number of nitrogens with one attached hydrogen (secondary N) is 1. The van der Waals surface area contributed by atoms with Crippen molar-refractivity contribution in [3.63, 3.8) is 0 Å². The summed E-state index contributed by atoms with van der Waals surface area (Å²) in [6.07, 6.45) is 0. The van der Waals surface area contributed by atoms with Crippen molar-refractivity contribution in [1.29, 1.82) is 0 Å². The standard InChI is InChI=1S/C17H17N9O7S3.2Na/c1-33-22-9(7-5-35-16(18)19-7)12(29)20-10-13(30)26-11(15(31)32)6(3-34-14(10)26)4-36-17-21-23-24-25(17)2-8(27)28;;/h5,10,14H,2-4H2,1H3,(H2,18,19)(H,20,29)(H,27,28)(H,31,32);;/q;2*+1/p-2/t10?,14-;;/m0../s1. The third-order valence-corrected chi connectivity index (χ3v) is 7.90. The monoisotopic (exact) mass is 599 g/mol. The summed E-state index contributed by atoms with van der Waals surface area (Å²) in [5.41, 5.74) is 5.60. The number of anilines is 1. The molecule has 4 heterocycles. The predicted octanol–water partition coefficient (Wildman–Crippen LogP) is -9.98. The molecule has 16 nitrogen and oxygen atoms in total. The fourth-order valence-corrected chi connectivity index (χ4v) is 6.27. The summed E-state index contributed by atoms with van der Waals surface area (Å²) < 4.78 is 0.994. The minimum absolute atomic E-state index is 0. The Morgan fingerprint density at radius 1 is 1.34 bits per heavy atom. The van der Waals surface area contributed by atoms with Gasteiger partial charge in [0.15, 0.2) is 10.8 Å². The van der Waals surface area contributed by atoms with E-state index in [-0.39, 0.29) is 98.0 Å². The number of β-lactam (4-membered cyclic amide) rings is 1. The summed E-state index contributed by atoms with van der Waals surface area (Å²) in [6, 6.07) is -1.03. The average molecular weight is 600 g/mol. The summed E-state index contributed by atoms with van der Waals surface area (Å²) in [5.74, 6) is -4.12. The normalized spacial score (nSPS) is 18.5. The number of carboxylic acid groups (broad SMARTS) is 2. The van der Waals surface area contributed by atoms with Crippen molar-refractivity contribution in [2.45, 2.75) is 23.1 Å². The first kappa shape index (κ1) is 32.5. The maximum Gasteiger partial charge on any atom is 1.00 e. The van der Waals surface area contributed by atoms with E-state index in [0.29, 0.717) is 5.57 Å². The number of aromatic nitrogens is 5. The number of thiazole rings is 1. The second-order valence-corrected chi connectivity index (χ2v) is 10.0. The van der Waals surface area contributed by atoms with E-state index >= 15 is 0 Å². The molecule has 4 rings (SSSR count). The molecule has 2 atom stereocenters. The molecule has 0 spiro atoms. The Bertz CT molecular complexity index is 1300. The number of aliphatic carboxylic acids is 2. The molecule has 2 aromatic heterocycles. The largest absolute Gasteiger partial charge is 1.00 e. The number of fused-ring (bicyclic) bond motifs is 1. The first-order chi connectivity index (χ1) is 17.2. The van der Waals surface area contributed by atoms with Crippen LogP contribution in [0.1, 0.15) is 5.69 Å². The third-order valence-electron chi connectivity index (χ3n) is 4.84. The van der Waals surface area contributed by atoms with Gasteiger partial charge in [0, 0.05) is 16.9 Å². The summed E-state index contributed by atoms with van der Waals surface area (Å²) in [5, 5.41) is 40.7. The number of thioether (sulfide) groups is 2. The van der Waals surface area contributed by atoms with Gasteiger partial charge < -0.3 is 35.7 Å². The van der Waals surface area contributed by atoms with Gasteiger partial charge in [-0.3, -0.25) is 14.5 Å². The molecule has 1 fully saturated rings. The van der Waals surface area contributed by atoms with Crippen molar-refractivity contribution in [3.05, 3.63) is 22.3 Å². The Balaban J connectivity index is 0.00000253. The number of tetrazole rings is 1. The summed E-state index contributed by atoms with van der Waals surface area (Å²) >= 11 is 3.32. The fraction of sp³-hybridized carbons (Fsp3) is 0.353. The number of hydrogen-bond donors (Lipinski definition) is 2. The van der Waals surface area contributed by atoms with Crippen LogP contribution in [0.5, 0.6) is 0 Å². The number of nitrogen functional groups attached to an aromatic ring is 1. The molecule has 2 aromatic rings. The van der Waals surface area contributed by atoms with E-state index in [4.69, 9.17) is 10.6 Å². The second-order valence-electron chi connectivity index (χ2n) is 7.07. The molecule has 3 N–H and O–H groups in total. The van der Waals surface area contributed by atoms with Crippen LogP contribution in [-0.2, 0) is 30.6 Å². The molecular weight excluding hydrogens is 584 g/mol. The molecule has 190 valence electrons. The van der Waals surface area contributed by atoms with Crippen LogP contribution in [0.2, 0.25) is 0 Å². The minimum atomic E-state index is -1.57. The van der Waals surface area contributed by atoms with Gasteiger partial charge in [0.2, 0.25) is 5.16 Å². The SMILES string of the molecule is CON=C(C(=O)NC1C(=O)N2C(C(=O)[O-])=C(CSc3nnnn3CC(=O)[O-])CS[C@@H]12)c1csc(N)n1.[Na+].[Na+]. The molecule has 1 unspecified atom stereocenters. The molecule has 0 radical (unpaired) electrons. The molecule has 21 heteroatoms. The first-order valence-electron chi connectivity index (χ1n) is 9.81. The molecule has 0 bridgehead atoms. The minimum Gasteiger partial charge on any atom is -0.548 e. The van der Waals surface area contributed by atoms with E-state index in [1.807, 2.05) is 0 Å². The van der Waals surface area contributed by atoms with Crippen LogP contribution in [0.25, 0.3) is 0 Å². The van der Waals surface area contributed by atoms with Gasteiger partial charge in [-0.05, 0) is 16.0 Å². The summed E-state index contributed by atoms with van der Waals surface area (Å²) in [7, 11) is 1.24. The molecule has 1 saturated heterocycles. The number of oxime groups is 1. The number of nitrogens with two attached hydrogens (primary N) is 1. The van der Waals surface area contributed by atoms with Crippen molar-refractivity contribution in [3.8, 4) is 0 Å². The van der Waals surface area contributed by atoms with Crippen molar-refractivity contribution in [2.75, 3.05) is 24.3 Å². The van der Waals surface area contributed by atoms with Crippen LogP contribution < -0.4 is 80.4 Å². The van der Waals surface area contributed by atoms with Gasteiger partial charge in [0.1, 0.15) is 24.2 Å². The van der Waals surface area contributed by atoms with E-state index in [1.165, 1.54) is 24.3 Å². The van der Waals surface area contributed by atoms with Crippen LogP contribution in [0.4, 0.5) is 5.13 Å². The van der Waals surface area contributed by atoms with Crippen LogP contribution >= 0.6 is 34.9 Å². The molecule has 38 heavy (non-hydrogen) atoms. The van der Waals surface area contributed by atoms with Gasteiger partial charge in [-0.25, -0.2) is 9.67 Å². The number of amides is 2. The van der Waals surface area contributed by atoms with Gasteiger partial charge in [0.25, 0.3) is 11.8 Å². The van der Waals surface area contributed by atoms with Gasteiger partial charge in [-0.15, -0.1) is 28.2 Å². The quantitative estimate of drug-likeness (QED) is 0.0849. The van der Waals surface area contributed by atoms with E-state index in [0.717, 1.165) is 32.7 Å². The zero-order valence-electron chi connectivity index (χ0n) is 20.1. The average Bonchev–Trinajstić information content (AvgIpc) is 3.46. The van der Waals surface area contributed by atoms with Crippen LogP contribution in [0, 0.1) is 0 Å². The van der Waals surface area contributed by atoms with Gasteiger partial charge >= 0.3 is 59.1 Å². The van der Waals surface area contributed by atoms with E-state index in [9.17, 15) is 29.4 Å². The van der Waals surface area contributed by atoms with Crippen LogP contribution in [-0.4, -0.2) is 89.6 Å². The van der Waals surface area contributed by atoms with E-state index in [2.05, 4.69) is 31.0 Å². The third kappa shape index (κ3) is 6.89. The molecular formula is C17H15N9Na2O7S3. The Hall–Kier alpha value is -1.71. The first-order valence-corrected chi connectivity index (χ1v) is 12.7. The molecule has 0 aliphatic carbocycles. The zero-order chi connectivity index (χ0) is 26.0. The number of carboxylic acids is 2. The Labute approximate surface area is 270 Å². The number of rotatable bonds is 10. The van der Waals surface area contributed by atoms with Crippen LogP contribution in [0.15, 0.2) is 27.0 Å². The second kappa shape index (κ2) is 14.1. The van der Waals surface area contributed by atoms with Crippen molar-refractivity contribution >= 4 is 69.5 Å². The maximum atomic E-state index is 12.9. The summed E-state index contributed by atoms with van der Waals surface area (Å²) in [4.78, 5) is 58.2. The maximum absolute atomic E-state index is 12.9. The number of hydrogen-bond acceptors (Lipinski definition) is 16. The molecule has 2 aliphatic heterocycles. The Morgan fingerprint density at radius 2 is 2.08 bits per heavy atom. The van der Waals surface area contributed by atoms with Crippen molar-refractivity contribution in [2.24, 2.45) is 5.16 Å². The Kier molecular flexibility index (Phi) is 12.0. The van der Waals surface area contributed by atoms with Gasteiger partial charge in [-0.2, -0.15) is 0 Å². The predicted molar refractivity (Wildman–Crippen MR) is 121 cm³/mol. The number of nitrogens with zero attached hydrogens (tertiary/aromatic N) is 7. The van der Waals surface area contributed by atoms with Gasteiger partial charge in [-0.1, -0.05) is 16.9 Å². The van der Waals surface area contributed by atoms with Crippen LogP contribution in [0.3, 0.4) is 0 Å². The molecule has 0 aromatic carbocycles. The van der Waals surface area contributed by atoms with Gasteiger partial charge in [0.05, 0.1) is 24.2 Å². The van der Waals surface area contributed by atoms with Crippen molar-refractivity contribution < 1.29 is 93.3 Å². The number of carbonyl (C=O) groups excluding carboxylic acids is 4. The fourth-order valence-electron chi connectivity index (χ4n) is 3.36. The topological polar surface area (TPSA) is 234 Å². The molecule has 0 saturated carbocycles. The Morgan fingerprint density at radius 3 is 2.68 bits per heavy atom.